The van der Waals surface area contributed by atoms with Gasteiger partial charge in [0.15, 0.2) is 0 Å². The largest absolute Gasteiger partial charge is 0.393 e. The standard InChI is InChI=1S/C36H62N2O2/c1-10-38(11-2)23-22-37-30(40)36-20-18-31(3,4)24-26(36)25-12-13-28-33(7)16-15-29(39)32(5,6)27(33)14-17-35(28,9)34(25,8)19-21-36/h27-29,39H,10-24H2,1-9H3,(H,37,40)/t27-,28+,29?,33-,34+,35+,36-/m0/s1. The minimum Gasteiger partial charge on any atom is -0.393 e. The van der Waals surface area contributed by atoms with Crippen molar-refractivity contribution in [1.82, 2.24) is 10.2 Å². The van der Waals surface area contributed by atoms with E-state index < -0.39 is 0 Å². The molecule has 1 unspecified atom stereocenters. The summed E-state index contributed by atoms with van der Waals surface area (Å²) >= 11 is 0. The van der Waals surface area contributed by atoms with Crippen molar-refractivity contribution in [3.8, 4) is 0 Å². The number of allylic oxidation sites excluding steroid dienone is 1. The van der Waals surface area contributed by atoms with Gasteiger partial charge in [0.25, 0.3) is 0 Å². The molecule has 0 aromatic carbocycles. The number of aliphatic hydroxyl groups excluding tert-OH is 1. The van der Waals surface area contributed by atoms with Gasteiger partial charge in [0, 0.05) is 13.1 Å². The molecule has 0 aliphatic heterocycles. The summed E-state index contributed by atoms with van der Waals surface area (Å²) < 4.78 is 0. The molecule has 4 heteroatoms. The van der Waals surface area contributed by atoms with Gasteiger partial charge in [-0.1, -0.05) is 73.5 Å². The van der Waals surface area contributed by atoms with E-state index in [1.165, 1.54) is 25.7 Å². The number of aliphatic hydroxyl groups is 1. The lowest BCUT2D eigenvalue weighted by molar-refractivity contribution is -0.204. The Morgan fingerprint density at radius 2 is 1.52 bits per heavy atom. The van der Waals surface area contributed by atoms with Crippen LogP contribution in [-0.2, 0) is 4.79 Å². The SMILES string of the molecule is CCN(CC)CCNC(=O)[C@]12CCC(C)(C)CC1=C1CC[C@@H]3[C@@]4(C)CCC(O)C(C)(C)[C@@H]4CC[C@@]3(C)[C@]1(C)CC2. The van der Waals surface area contributed by atoms with Crippen molar-refractivity contribution in [1.29, 1.82) is 0 Å². The van der Waals surface area contributed by atoms with E-state index in [2.05, 4.69) is 72.5 Å². The van der Waals surface area contributed by atoms with Crippen molar-refractivity contribution in [3.05, 3.63) is 11.1 Å². The second kappa shape index (κ2) is 10.1. The molecule has 0 bridgehead atoms. The van der Waals surface area contributed by atoms with E-state index in [1.54, 1.807) is 11.1 Å². The predicted octanol–water partition coefficient (Wildman–Crippen LogP) is 7.75. The molecule has 5 aliphatic carbocycles. The van der Waals surface area contributed by atoms with E-state index >= 15 is 0 Å². The quantitative estimate of drug-likeness (QED) is 0.330. The number of fused-ring (bicyclic) bond motifs is 6. The van der Waals surface area contributed by atoms with Crippen molar-refractivity contribution in [2.24, 2.45) is 44.3 Å². The topological polar surface area (TPSA) is 52.6 Å². The Hall–Kier alpha value is -0.870. The first-order valence-electron chi connectivity index (χ1n) is 17.0. The molecule has 4 saturated carbocycles. The number of rotatable bonds is 6. The molecule has 2 N–H and O–H groups in total. The van der Waals surface area contributed by atoms with Gasteiger partial charge < -0.3 is 15.3 Å². The van der Waals surface area contributed by atoms with Crippen LogP contribution in [0.25, 0.3) is 0 Å². The van der Waals surface area contributed by atoms with Crippen LogP contribution in [0.2, 0.25) is 0 Å². The van der Waals surface area contributed by atoms with Gasteiger partial charge in [0.2, 0.25) is 5.91 Å². The van der Waals surface area contributed by atoms with Gasteiger partial charge in [-0.3, -0.25) is 4.79 Å². The van der Waals surface area contributed by atoms with Crippen molar-refractivity contribution in [2.75, 3.05) is 26.2 Å². The lowest BCUT2D eigenvalue weighted by Crippen LogP contribution is -2.64. The Morgan fingerprint density at radius 3 is 2.20 bits per heavy atom. The fourth-order valence-corrected chi connectivity index (χ4v) is 11.7. The van der Waals surface area contributed by atoms with Gasteiger partial charge in [0.05, 0.1) is 11.5 Å². The summed E-state index contributed by atoms with van der Waals surface area (Å²) in [6, 6.07) is 0. The number of hydrogen-bond donors (Lipinski definition) is 2. The number of hydrogen-bond acceptors (Lipinski definition) is 3. The van der Waals surface area contributed by atoms with Crippen LogP contribution in [0, 0.1) is 44.3 Å². The highest BCUT2D eigenvalue weighted by molar-refractivity contribution is 5.87. The summed E-state index contributed by atoms with van der Waals surface area (Å²) in [6.07, 6.45) is 12.2. The lowest BCUT2D eigenvalue weighted by atomic mass is 9.34. The normalized spacial score (nSPS) is 43.8. The zero-order valence-electron chi connectivity index (χ0n) is 27.6. The Labute approximate surface area is 246 Å². The average molecular weight is 555 g/mol. The van der Waals surface area contributed by atoms with Crippen LogP contribution in [0.15, 0.2) is 11.1 Å². The fraction of sp³-hybridized carbons (Fsp3) is 0.917. The number of amides is 1. The van der Waals surface area contributed by atoms with E-state index in [1.807, 2.05) is 0 Å². The molecule has 0 aromatic heterocycles. The van der Waals surface area contributed by atoms with Crippen molar-refractivity contribution in [3.63, 3.8) is 0 Å². The summed E-state index contributed by atoms with van der Waals surface area (Å²) in [7, 11) is 0. The first-order chi connectivity index (χ1) is 18.6. The monoisotopic (exact) mass is 554 g/mol. The highest BCUT2D eigenvalue weighted by atomic mass is 16.3. The van der Waals surface area contributed by atoms with Crippen LogP contribution in [-0.4, -0.2) is 48.2 Å². The fourth-order valence-electron chi connectivity index (χ4n) is 11.7. The van der Waals surface area contributed by atoms with E-state index in [0.29, 0.717) is 17.7 Å². The summed E-state index contributed by atoms with van der Waals surface area (Å²) in [6.45, 7) is 25.6. The third-order valence-electron chi connectivity index (χ3n) is 14.6. The molecule has 4 fully saturated rings. The zero-order valence-corrected chi connectivity index (χ0v) is 27.6. The van der Waals surface area contributed by atoms with E-state index in [4.69, 9.17) is 0 Å². The molecule has 0 spiro atoms. The minimum absolute atomic E-state index is 0.00763. The molecule has 0 radical (unpaired) electrons. The molecule has 0 aromatic rings. The third kappa shape index (κ3) is 4.30. The van der Waals surface area contributed by atoms with Crippen molar-refractivity contribution >= 4 is 5.91 Å². The van der Waals surface area contributed by atoms with Crippen LogP contribution in [0.5, 0.6) is 0 Å². The molecular formula is C36H62N2O2. The second-order valence-corrected chi connectivity index (χ2v) is 17.0. The summed E-state index contributed by atoms with van der Waals surface area (Å²) in [4.78, 5) is 16.6. The molecule has 40 heavy (non-hydrogen) atoms. The smallest absolute Gasteiger partial charge is 0.230 e. The lowest BCUT2D eigenvalue weighted by Gasteiger charge is -2.71. The summed E-state index contributed by atoms with van der Waals surface area (Å²) in [5, 5.41) is 14.5. The van der Waals surface area contributed by atoms with Gasteiger partial charge in [0.1, 0.15) is 0 Å². The Kier molecular flexibility index (Phi) is 7.73. The molecule has 5 rings (SSSR count). The molecule has 1 amide bonds. The molecule has 0 heterocycles. The maximum Gasteiger partial charge on any atom is 0.230 e. The Balaban J connectivity index is 1.51. The van der Waals surface area contributed by atoms with Gasteiger partial charge in [-0.25, -0.2) is 0 Å². The van der Waals surface area contributed by atoms with Gasteiger partial charge in [-0.05, 0) is 123 Å². The maximum absolute atomic E-state index is 14.2. The Morgan fingerprint density at radius 1 is 0.850 bits per heavy atom. The number of carbonyl (C=O) groups excluding carboxylic acids is 1. The Bertz CT molecular complexity index is 1030. The van der Waals surface area contributed by atoms with E-state index in [0.717, 1.165) is 71.1 Å². The van der Waals surface area contributed by atoms with E-state index in [-0.39, 0.29) is 38.6 Å². The molecule has 7 atom stereocenters. The van der Waals surface area contributed by atoms with Crippen LogP contribution in [0.4, 0.5) is 0 Å². The van der Waals surface area contributed by atoms with Crippen LogP contribution < -0.4 is 5.32 Å². The number of carbonyl (C=O) groups is 1. The van der Waals surface area contributed by atoms with Crippen LogP contribution >= 0.6 is 0 Å². The first kappa shape index (κ1) is 30.6. The van der Waals surface area contributed by atoms with E-state index in [9.17, 15) is 9.90 Å². The molecular weight excluding hydrogens is 492 g/mol. The van der Waals surface area contributed by atoms with Crippen molar-refractivity contribution in [2.45, 2.75) is 139 Å². The van der Waals surface area contributed by atoms with Crippen LogP contribution in [0.1, 0.15) is 133 Å². The highest BCUT2D eigenvalue weighted by Crippen LogP contribution is 2.75. The average Bonchev–Trinajstić information content (AvgIpc) is 2.89. The predicted molar refractivity (Wildman–Crippen MR) is 166 cm³/mol. The van der Waals surface area contributed by atoms with Gasteiger partial charge in [-0.2, -0.15) is 0 Å². The van der Waals surface area contributed by atoms with Gasteiger partial charge >= 0.3 is 0 Å². The highest BCUT2D eigenvalue weighted by Gasteiger charge is 2.68. The van der Waals surface area contributed by atoms with Crippen LogP contribution in [0.3, 0.4) is 0 Å². The zero-order chi connectivity index (χ0) is 29.4. The second-order valence-electron chi connectivity index (χ2n) is 17.0. The first-order valence-corrected chi connectivity index (χ1v) is 17.0. The molecule has 4 nitrogen and oxygen atoms in total. The number of nitrogens with one attached hydrogen (secondary N) is 1. The minimum atomic E-state index is -0.297. The molecule has 5 aliphatic rings. The number of likely N-dealkylation sites (N-methyl/N-ethyl adjacent to an activating group) is 1. The summed E-state index contributed by atoms with van der Waals surface area (Å²) in [5.41, 5.74) is 3.92. The third-order valence-corrected chi connectivity index (χ3v) is 14.6. The van der Waals surface area contributed by atoms with Crippen molar-refractivity contribution < 1.29 is 9.90 Å². The summed E-state index contributed by atoms with van der Waals surface area (Å²) in [5.74, 6) is 1.60. The number of nitrogens with zero attached hydrogens (tertiary/aromatic N) is 1. The maximum atomic E-state index is 14.2. The van der Waals surface area contributed by atoms with Gasteiger partial charge in [-0.15, -0.1) is 0 Å². The molecule has 0 saturated heterocycles. The molecule has 228 valence electrons.